The molecule has 0 radical (unpaired) electrons. The molecule has 26 heavy (non-hydrogen) atoms. The van der Waals surface area contributed by atoms with Gasteiger partial charge in [0.1, 0.15) is 5.75 Å². The van der Waals surface area contributed by atoms with Crippen molar-refractivity contribution in [1.82, 2.24) is 24.9 Å². The minimum Gasteiger partial charge on any atom is -0.497 e. The highest BCUT2D eigenvalue weighted by atomic mass is 16.5. The summed E-state index contributed by atoms with van der Waals surface area (Å²) >= 11 is 0. The zero-order chi connectivity index (χ0) is 17.9. The molecule has 3 heterocycles. The molecular weight excluding hydrogens is 330 g/mol. The van der Waals surface area contributed by atoms with E-state index in [9.17, 15) is 4.79 Å². The van der Waals surface area contributed by atoms with Crippen LogP contribution in [0.3, 0.4) is 0 Å². The summed E-state index contributed by atoms with van der Waals surface area (Å²) in [6.07, 6.45) is 2.88. The van der Waals surface area contributed by atoms with Gasteiger partial charge in [-0.15, -0.1) is 0 Å². The molecule has 1 unspecified atom stereocenters. The molecular formula is C19H25N5O2. The van der Waals surface area contributed by atoms with E-state index in [1.165, 1.54) is 0 Å². The summed E-state index contributed by atoms with van der Waals surface area (Å²) in [5.41, 5.74) is 1.41. The monoisotopic (exact) mass is 355 g/mol. The number of carbonyl (C=O) groups is 1. The number of nitrogens with zero attached hydrogens (tertiary/aromatic N) is 4. The maximum atomic E-state index is 12.8. The van der Waals surface area contributed by atoms with Crippen LogP contribution in [-0.4, -0.2) is 77.9 Å². The average molecular weight is 355 g/mol. The SMILES string of the molecule is COc1ccc(-n2ccc(C(=O)N3CCC(N4CCNCC4)C3)n2)cc1. The van der Waals surface area contributed by atoms with Crippen molar-refractivity contribution in [2.24, 2.45) is 0 Å². The van der Waals surface area contributed by atoms with Gasteiger partial charge in [0.05, 0.1) is 12.8 Å². The van der Waals surface area contributed by atoms with E-state index in [2.05, 4.69) is 15.3 Å². The number of rotatable bonds is 4. The van der Waals surface area contributed by atoms with Crippen molar-refractivity contribution in [3.05, 3.63) is 42.2 Å². The van der Waals surface area contributed by atoms with Crippen LogP contribution in [0, 0.1) is 0 Å². The van der Waals surface area contributed by atoms with Crippen LogP contribution in [0.25, 0.3) is 5.69 Å². The Kier molecular flexibility index (Phi) is 4.90. The molecule has 1 aromatic heterocycles. The maximum Gasteiger partial charge on any atom is 0.274 e. The molecule has 2 fully saturated rings. The fourth-order valence-corrected chi connectivity index (χ4v) is 3.75. The van der Waals surface area contributed by atoms with Crippen LogP contribution in [0.2, 0.25) is 0 Å². The Morgan fingerprint density at radius 2 is 1.92 bits per heavy atom. The van der Waals surface area contributed by atoms with E-state index >= 15 is 0 Å². The summed E-state index contributed by atoms with van der Waals surface area (Å²) in [7, 11) is 1.64. The lowest BCUT2D eigenvalue weighted by atomic mass is 10.2. The van der Waals surface area contributed by atoms with Gasteiger partial charge in [-0.25, -0.2) is 4.68 Å². The Hall–Kier alpha value is -2.38. The van der Waals surface area contributed by atoms with Gasteiger partial charge in [-0.3, -0.25) is 9.69 Å². The van der Waals surface area contributed by atoms with Crippen molar-refractivity contribution in [2.45, 2.75) is 12.5 Å². The number of hydrogen-bond donors (Lipinski definition) is 1. The lowest BCUT2D eigenvalue weighted by molar-refractivity contribution is 0.0767. The van der Waals surface area contributed by atoms with Crippen molar-refractivity contribution >= 4 is 5.91 Å². The molecule has 2 saturated heterocycles. The van der Waals surface area contributed by atoms with Crippen LogP contribution in [-0.2, 0) is 0 Å². The Balaban J connectivity index is 1.41. The van der Waals surface area contributed by atoms with Crippen LogP contribution in [0.5, 0.6) is 5.75 Å². The summed E-state index contributed by atoms with van der Waals surface area (Å²) < 4.78 is 6.91. The van der Waals surface area contributed by atoms with Gasteiger partial charge in [-0.05, 0) is 36.8 Å². The second-order valence-corrected chi connectivity index (χ2v) is 6.82. The first-order chi connectivity index (χ1) is 12.7. The van der Waals surface area contributed by atoms with Crippen molar-refractivity contribution in [3.8, 4) is 11.4 Å². The van der Waals surface area contributed by atoms with Crippen molar-refractivity contribution in [2.75, 3.05) is 46.4 Å². The van der Waals surface area contributed by atoms with Gasteiger partial charge in [0.15, 0.2) is 5.69 Å². The summed E-state index contributed by atoms with van der Waals surface area (Å²) in [4.78, 5) is 17.3. The number of nitrogens with one attached hydrogen (secondary N) is 1. The number of methoxy groups -OCH3 is 1. The van der Waals surface area contributed by atoms with E-state index in [0.29, 0.717) is 11.7 Å². The van der Waals surface area contributed by atoms with Crippen molar-refractivity contribution in [1.29, 1.82) is 0 Å². The standard InChI is InChI=1S/C19H25N5O2/c1-26-17-4-2-15(3-5-17)24-11-7-18(21-24)19(25)23-10-6-16(14-23)22-12-8-20-9-13-22/h2-5,7,11,16,20H,6,8-10,12-14H2,1H3. The lowest BCUT2D eigenvalue weighted by Crippen LogP contribution is -2.49. The maximum absolute atomic E-state index is 12.8. The number of benzene rings is 1. The first-order valence-corrected chi connectivity index (χ1v) is 9.19. The predicted octanol–water partition coefficient (Wildman–Crippen LogP) is 1.00. The first-order valence-electron chi connectivity index (χ1n) is 9.19. The highest BCUT2D eigenvalue weighted by molar-refractivity contribution is 5.92. The van der Waals surface area contributed by atoms with Crippen LogP contribution >= 0.6 is 0 Å². The zero-order valence-corrected chi connectivity index (χ0v) is 15.1. The van der Waals surface area contributed by atoms with E-state index in [-0.39, 0.29) is 5.91 Å². The number of hydrogen-bond acceptors (Lipinski definition) is 5. The fraction of sp³-hybridized carbons (Fsp3) is 0.474. The summed E-state index contributed by atoms with van der Waals surface area (Å²) in [5, 5.41) is 7.86. The third-order valence-electron chi connectivity index (χ3n) is 5.26. The molecule has 1 atom stereocenters. The molecule has 0 spiro atoms. The van der Waals surface area contributed by atoms with Crippen molar-refractivity contribution in [3.63, 3.8) is 0 Å². The topological polar surface area (TPSA) is 62.6 Å². The van der Waals surface area contributed by atoms with E-state index in [1.807, 2.05) is 35.4 Å². The highest BCUT2D eigenvalue weighted by Crippen LogP contribution is 2.19. The Morgan fingerprint density at radius 3 is 2.65 bits per heavy atom. The summed E-state index contributed by atoms with van der Waals surface area (Å²) in [5.74, 6) is 0.822. The molecule has 1 amide bonds. The molecule has 1 N–H and O–H groups in total. The van der Waals surface area contributed by atoms with E-state index < -0.39 is 0 Å². The number of aromatic nitrogens is 2. The van der Waals surface area contributed by atoms with Crippen LogP contribution in [0.1, 0.15) is 16.9 Å². The zero-order valence-electron chi connectivity index (χ0n) is 15.1. The minimum atomic E-state index is 0.0231. The van der Waals surface area contributed by atoms with Gasteiger partial charge in [0.25, 0.3) is 5.91 Å². The van der Waals surface area contributed by atoms with Gasteiger partial charge in [-0.1, -0.05) is 0 Å². The third kappa shape index (κ3) is 3.45. The second-order valence-electron chi connectivity index (χ2n) is 6.82. The molecule has 138 valence electrons. The molecule has 1 aromatic carbocycles. The molecule has 0 bridgehead atoms. The van der Waals surface area contributed by atoms with Crippen LogP contribution in [0.15, 0.2) is 36.5 Å². The van der Waals surface area contributed by atoms with Crippen LogP contribution < -0.4 is 10.1 Å². The first kappa shape index (κ1) is 17.1. The Labute approximate surface area is 153 Å². The van der Waals surface area contributed by atoms with Crippen LogP contribution in [0.4, 0.5) is 0 Å². The van der Waals surface area contributed by atoms with E-state index in [4.69, 9.17) is 4.74 Å². The molecule has 7 heteroatoms. The predicted molar refractivity (Wildman–Crippen MR) is 98.9 cm³/mol. The molecule has 2 aliphatic heterocycles. The molecule has 4 rings (SSSR count). The largest absolute Gasteiger partial charge is 0.497 e. The third-order valence-corrected chi connectivity index (χ3v) is 5.26. The number of ether oxygens (including phenoxy) is 1. The van der Waals surface area contributed by atoms with Gasteiger partial charge in [-0.2, -0.15) is 5.10 Å². The molecule has 0 aliphatic carbocycles. The quantitative estimate of drug-likeness (QED) is 0.887. The van der Waals surface area contributed by atoms with E-state index in [1.54, 1.807) is 17.9 Å². The average Bonchev–Trinajstić information content (AvgIpc) is 3.38. The van der Waals surface area contributed by atoms with Gasteiger partial charge < -0.3 is 15.0 Å². The van der Waals surface area contributed by atoms with Crippen molar-refractivity contribution < 1.29 is 9.53 Å². The smallest absolute Gasteiger partial charge is 0.274 e. The Morgan fingerprint density at radius 1 is 1.15 bits per heavy atom. The summed E-state index contributed by atoms with van der Waals surface area (Å²) in [6.45, 7) is 5.82. The number of piperazine rings is 1. The molecule has 0 saturated carbocycles. The number of likely N-dealkylation sites (tertiary alicyclic amines) is 1. The van der Waals surface area contributed by atoms with Gasteiger partial charge in [0.2, 0.25) is 0 Å². The normalized spacial score (nSPS) is 21.1. The summed E-state index contributed by atoms with van der Waals surface area (Å²) in [6, 6.07) is 9.90. The molecule has 2 aromatic rings. The van der Waals surface area contributed by atoms with Gasteiger partial charge in [0, 0.05) is 51.5 Å². The Bertz CT molecular complexity index is 752. The number of carbonyl (C=O) groups excluding carboxylic acids is 1. The fourth-order valence-electron chi connectivity index (χ4n) is 3.75. The number of amides is 1. The van der Waals surface area contributed by atoms with E-state index in [0.717, 1.165) is 57.1 Å². The second kappa shape index (κ2) is 7.47. The lowest BCUT2D eigenvalue weighted by Gasteiger charge is -2.32. The molecule has 7 nitrogen and oxygen atoms in total. The molecule has 2 aliphatic rings. The van der Waals surface area contributed by atoms with Gasteiger partial charge >= 0.3 is 0 Å². The highest BCUT2D eigenvalue weighted by Gasteiger charge is 2.32. The minimum absolute atomic E-state index is 0.0231.